The molecule has 1 atom stereocenters. The first kappa shape index (κ1) is 20.7. The summed E-state index contributed by atoms with van der Waals surface area (Å²) in [5.41, 5.74) is 6.23. The zero-order valence-electron chi connectivity index (χ0n) is 15.0. The molecule has 0 saturated carbocycles. The Hall–Kier alpha value is -1.63. The number of hydrogen-bond acceptors (Lipinski definition) is 4. The highest BCUT2D eigenvalue weighted by Gasteiger charge is 2.43. The number of nitrogens with zero attached hydrogens (tertiary/aromatic N) is 1. The first-order valence-corrected chi connectivity index (χ1v) is 9.08. The molecule has 0 aliphatic carbocycles. The summed E-state index contributed by atoms with van der Waals surface area (Å²) in [7, 11) is 0. The van der Waals surface area contributed by atoms with Crippen molar-refractivity contribution in [2.24, 2.45) is 17.1 Å². The van der Waals surface area contributed by atoms with Crippen molar-refractivity contribution < 1.29 is 14.3 Å². The molecule has 3 N–H and O–H groups in total. The molecule has 2 amide bonds. The highest BCUT2D eigenvalue weighted by molar-refractivity contribution is 5.93. The molecule has 0 spiro atoms. The fourth-order valence-electron chi connectivity index (χ4n) is 3.74. The van der Waals surface area contributed by atoms with Crippen LogP contribution in [0.25, 0.3) is 0 Å². The van der Waals surface area contributed by atoms with E-state index in [9.17, 15) is 9.59 Å². The second-order valence-electron chi connectivity index (χ2n) is 7.04. The first-order chi connectivity index (χ1) is 12.1. The fraction of sp³-hybridized carbons (Fsp3) is 0.579. The minimum absolute atomic E-state index is 0. The zero-order chi connectivity index (χ0) is 17.7. The van der Waals surface area contributed by atoms with Crippen molar-refractivity contribution in [2.45, 2.75) is 25.7 Å². The van der Waals surface area contributed by atoms with Crippen LogP contribution < -0.4 is 11.1 Å². The third-order valence-electron chi connectivity index (χ3n) is 5.42. The van der Waals surface area contributed by atoms with E-state index in [1.54, 1.807) is 0 Å². The van der Waals surface area contributed by atoms with Gasteiger partial charge in [0.1, 0.15) is 0 Å². The number of nitrogens with one attached hydrogen (secondary N) is 1. The number of para-hydroxylation sites is 1. The minimum Gasteiger partial charge on any atom is -0.381 e. The van der Waals surface area contributed by atoms with Gasteiger partial charge in [-0.3, -0.25) is 9.59 Å². The van der Waals surface area contributed by atoms with E-state index >= 15 is 0 Å². The van der Waals surface area contributed by atoms with Crippen LogP contribution in [0.3, 0.4) is 0 Å². The Kier molecular flexibility index (Phi) is 7.43. The van der Waals surface area contributed by atoms with E-state index in [0.717, 1.165) is 18.5 Å². The van der Waals surface area contributed by atoms with Crippen molar-refractivity contribution in [3.05, 3.63) is 30.3 Å². The van der Waals surface area contributed by atoms with Crippen molar-refractivity contribution in [2.75, 3.05) is 38.2 Å². The summed E-state index contributed by atoms with van der Waals surface area (Å²) in [6.45, 7) is 2.67. The Morgan fingerprint density at radius 2 is 1.92 bits per heavy atom. The molecule has 144 valence electrons. The minimum atomic E-state index is -0.518. The largest absolute Gasteiger partial charge is 0.381 e. The van der Waals surface area contributed by atoms with Crippen molar-refractivity contribution in [3.8, 4) is 0 Å². The fourth-order valence-corrected chi connectivity index (χ4v) is 3.74. The highest BCUT2D eigenvalue weighted by Crippen LogP contribution is 2.33. The second kappa shape index (κ2) is 9.35. The Labute approximate surface area is 160 Å². The molecule has 3 rings (SSSR count). The number of anilines is 1. The van der Waals surface area contributed by atoms with Crippen LogP contribution in [0.1, 0.15) is 25.7 Å². The summed E-state index contributed by atoms with van der Waals surface area (Å²) in [5, 5.41) is 2.95. The van der Waals surface area contributed by atoms with Crippen LogP contribution in [-0.2, 0) is 14.3 Å². The molecule has 7 heteroatoms. The van der Waals surface area contributed by atoms with Crippen LogP contribution in [0.2, 0.25) is 0 Å². The Balaban J connectivity index is 0.00000243. The molecule has 26 heavy (non-hydrogen) atoms. The number of carbonyl (C=O) groups excluding carboxylic acids is 2. The number of nitrogens with two attached hydrogens (primary N) is 1. The highest BCUT2D eigenvalue weighted by atomic mass is 35.5. The van der Waals surface area contributed by atoms with Gasteiger partial charge in [-0.1, -0.05) is 18.2 Å². The van der Waals surface area contributed by atoms with E-state index in [1.165, 1.54) is 0 Å². The first-order valence-electron chi connectivity index (χ1n) is 9.08. The third kappa shape index (κ3) is 4.55. The van der Waals surface area contributed by atoms with Gasteiger partial charge in [-0.15, -0.1) is 12.4 Å². The smallest absolute Gasteiger partial charge is 0.230 e. The number of benzene rings is 1. The number of hydrogen-bond donors (Lipinski definition) is 2. The number of amides is 2. The Morgan fingerprint density at radius 1 is 1.23 bits per heavy atom. The molecule has 1 unspecified atom stereocenters. The maximum Gasteiger partial charge on any atom is 0.230 e. The summed E-state index contributed by atoms with van der Waals surface area (Å²) in [5.74, 6) is -0.0967. The summed E-state index contributed by atoms with van der Waals surface area (Å²) in [6, 6.07) is 9.44. The molecule has 0 radical (unpaired) electrons. The number of piperidine rings is 1. The lowest BCUT2D eigenvalue weighted by Crippen LogP contribution is -2.54. The predicted molar refractivity (Wildman–Crippen MR) is 103 cm³/mol. The third-order valence-corrected chi connectivity index (χ3v) is 5.42. The van der Waals surface area contributed by atoms with E-state index in [4.69, 9.17) is 10.5 Å². The van der Waals surface area contributed by atoms with Crippen molar-refractivity contribution in [1.29, 1.82) is 0 Å². The Morgan fingerprint density at radius 3 is 2.58 bits per heavy atom. The van der Waals surface area contributed by atoms with Crippen LogP contribution in [0.15, 0.2) is 30.3 Å². The van der Waals surface area contributed by atoms with Gasteiger partial charge in [0, 0.05) is 38.5 Å². The quantitative estimate of drug-likeness (QED) is 0.835. The average Bonchev–Trinajstić information content (AvgIpc) is 2.69. The molecule has 0 bridgehead atoms. The molecule has 1 aromatic carbocycles. The topological polar surface area (TPSA) is 84.7 Å². The second-order valence-corrected chi connectivity index (χ2v) is 7.04. The number of likely N-dealkylation sites (tertiary alicyclic amines) is 1. The van der Waals surface area contributed by atoms with Gasteiger partial charge < -0.3 is 20.7 Å². The van der Waals surface area contributed by atoms with Crippen LogP contribution in [-0.4, -0.2) is 49.6 Å². The maximum absolute atomic E-state index is 13.1. The van der Waals surface area contributed by atoms with Crippen LogP contribution in [0.5, 0.6) is 0 Å². The molecule has 1 aromatic rings. The molecule has 6 nitrogen and oxygen atoms in total. The SMILES string of the molecule is Cl.NCC1(C(=O)N2CCCC(C(=O)Nc3ccccc3)C2)CCOCC1. The van der Waals surface area contributed by atoms with Gasteiger partial charge >= 0.3 is 0 Å². The zero-order valence-corrected chi connectivity index (χ0v) is 15.8. The lowest BCUT2D eigenvalue weighted by atomic mass is 9.78. The van der Waals surface area contributed by atoms with E-state index in [0.29, 0.717) is 45.7 Å². The number of carbonyl (C=O) groups is 2. The Bertz CT molecular complexity index is 605. The van der Waals surface area contributed by atoms with Crippen LogP contribution in [0, 0.1) is 11.3 Å². The van der Waals surface area contributed by atoms with E-state index in [1.807, 2.05) is 35.2 Å². The molecule has 2 heterocycles. The van der Waals surface area contributed by atoms with Crippen molar-refractivity contribution in [1.82, 2.24) is 4.90 Å². The molecular weight excluding hydrogens is 354 g/mol. The summed E-state index contributed by atoms with van der Waals surface area (Å²) in [4.78, 5) is 27.5. The monoisotopic (exact) mass is 381 g/mol. The van der Waals surface area contributed by atoms with Gasteiger partial charge in [0.15, 0.2) is 0 Å². The molecule has 2 aliphatic rings. The molecule has 2 saturated heterocycles. The van der Waals surface area contributed by atoms with Crippen molar-refractivity contribution in [3.63, 3.8) is 0 Å². The van der Waals surface area contributed by atoms with Gasteiger partial charge in [-0.2, -0.15) is 0 Å². The summed E-state index contributed by atoms with van der Waals surface area (Å²) in [6.07, 6.45) is 2.98. The lowest BCUT2D eigenvalue weighted by Gasteiger charge is -2.41. The van der Waals surface area contributed by atoms with E-state index < -0.39 is 5.41 Å². The normalized spacial score (nSPS) is 22.2. The number of rotatable bonds is 4. The van der Waals surface area contributed by atoms with E-state index in [-0.39, 0.29) is 30.1 Å². The van der Waals surface area contributed by atoms with Crippen LogP contribution in [0.4, 0.5) is 5.69 Å². The standard InChI is InChI=1S/C19H27N3O3.ClH/c20-14-19(8-11-25-12-9-19)18(24)22-10-4-5-15(13-22)17(23)21-16-6-2-1-3-7-16;/h1-3,6-7,15H,4-5,8-14,20H2,(H,21,23);1H. The van der Waals surface area contributed by atoms with Gasteiger partial charge in [0.2, 0.25) is 11.8 Å². The molecule has 2 aliphatic heterocycles. The van der Waals surface area contributed by atoms with E-state index in [2.05, 4.69) is 5.32 Å². The van der Waals surface area contributed by atoms with Gasteiger partial charge in [0.25, 0.3) is 0 Å². The number of ether oxygens (including phenoxy) is 1. The van der Waals surface area contributed by atoms with Crippen LogP contribution >= 0.6 is 12.4 Å². The van der Waals surface area contributed by atoms with Gasteiger partial charge in [-0.25, -0.2) is 0 Å². The molecular formula is C19H28ClN3O3. The predicted octanol–water partition coefficient (Wildman–Crippen LogP) is 2.04. The summed E-state index contributed by atoms with van der Waals surface area (Å²) < 4.78 is 5.40. The van der Waals surface area contributed by atoms with Crippen molar-refractivity contribution >= 4 is 29.9 Å². The van der Waals surface area contributed by atoms with Gasteiger partial charge in [0.05, 0.1) is 11.3 Å². The number of halogens is 1. The molecule has 2 fully saturated rings. The average molecular weight is 382 g/mol. The maximum atomic E-state index is 13.1. The summed E-state index contributed by atoms with van der Waals surface area (Å²) >= 11 is 0. The lowest BCUT2D eigenvalue weighted by molar-refractivity contribution is -0.149. The molecule has 0 aromatic heterocycles. The van der Waals surface area contributed by atoms with Gasteiger partial charge in [-0.05, 0) is 37.8 Å².